The van der Waals surface area contributed by atoms with Crippen molar-refractivity contribution in [2.45, 2.75) is 0 Å². The van der Waals surface area contributed by atoms with Crippen LogP contribution in [0, 0.1) is 0 Å². The zero-order chi connectivity index (χ0) is 48.8. The summed E-state index contributed by atoms with van der Waals surface area (Å²) in [6, 6.07) is 35.7. The first-order chi connectivity index (χ1) is 33.7. The molecule has 0 unspecified atom stereocenters. The summed E-state index contributed by atoms with van der Waals surface area (Å²) in [5, 5.41) is 5.79. The van der Waals surface area contributed by atoms with Gasteiger partial charge in [-0.1, -0.05) is 139 Å². The van der Waals surface area contributed by atoms with E-state index in [1.807, 2.05) is 42.5 Å². The second kappa shape index (κ2) is 12.5. The van der Waals surface area contributed by atoms with Gasteiger partial charge in [0.15, 0.2) is 0 Å². The van der Waals surface area contributed by atoms with Crippen molar-refractivity contribution in [2.75, 3.05) is 0 Å². The lowest BCUT2D eigenvalue weighted by molar-refractivity contribution is 1.16. The lowest BCUT2D eigenvalue weighted by Crippen LogP contribution is -1.98. The molecule has 0 saturated heterocycles. The molecule has 0 amide bonds. The van der Waals surface area contributed by atoms with Crippen molar-refractivity contribution in [1.82, 2.24) is 13.7 Å². The van der Waals surface area contributed by atoms with E-state index in [9.17, 15) is 4.11 Å². The fourth-order valence-corrected chi connectivity index (χ4v) is 8.56. The van der Waals surface area contributed by atoms with E-state index in [1.54, 1.807) is 16.7 Å². The molecule has 0 atom stereocenters. The maximum absolute atomic E-state index is 9.88. The van der Waals surface area contributed by atoms with Crippen molar-refractivity contribution in [3.8, 4) is 39.3 Å². The summed E-state index contributed by atoms with van der Waals surface area (Å²) in [6.07, 6.45) is 0. The molecule has 0 aliphatic heterocycles. The third-order valence-corrected chi connectivity index (χ3v) is 10.9. The van der Waals surface area contributed by atoms with Crippen LogP contribution in [0.4, 0.5) is 0 Å². The number of para-hydroxylation sites is 4. The molecule has 3 heterocycles. The number of hydrogen-bond donors (Lipinski definition) is 0. The maximum Gasteiger partial charge on any atom is 0.0651 e. The van der Waals surface area contributed by atoms with Gasteiger partial charge in [-0.05, 0) is 95.0 Å². The molecule has 0 bridgehead atoms. The fraction of sp³-hybridized carbons (Fsp3) is 0. The molecule has 0 spiro atoms. The molecule has 3 nitrogen and oxygen atoms in total. The highest BCUT2D eigenvalue weighted by atomic mass is 15.0. The SMILES string of the molecule is [2H]c1c([2H])c([2H])c(-c2c([2H])c(-c3c([2H])c([2H])c([2H])c([2H])c3[2H])c([2H])c(-n3c4ccccc4c4cc(-n5c6ccccc6c6c(-n7c8ccccc8c8ccccc87)cccc65)ccc43)c2[2H])c([2H])c1[2H]. The van der Waals surface area contributed by atoms with Crippen molar-refractivity contribution in [2.24, 2.45) is 0 Å². The van der Waals surface area contributed by atoms with E-state index in [2.05, 4.69) is 88.0 Å². The van der Waals surface area contributed by atoms with Gasteiger partial charge in [0.25, 0.3) is 0 Å². The van der Waals surface area contributed by atoms with Crippen LogP contribution in [0.5, 0.6) is 0 Å². The Morgan fingerprint density at radius 2 is 0.772 bits per heavy atom. The first kappa shape index (κ1) is 21.5. The monoisotopic (exact) mass is 738 g/mol. The van der Waals surface area contributed by atoms with Gasteiger partial charge in [-0.25, -0.2) is 0 Å². The van der Waals surface area contributed by atoms with E-state index in [-0.39, 0.29) is 5.69 Å². The van der Waals surface area contributed by atoms with Gasteiger partial charge in [-0.2, -0.15) is 0 Å². The second-order valence-electron chi connectivity index (χ2n) is 13.9. The van der Waals surface area contributed by atoms with Gasteiger partial charge in [0.1, 0.15) is 0 Å². The topological polar surface area (TPSA) is 14.8 Å². The van der Waals surface area contributed by atoms with Gasteiger partial charge in [0, 0.05) is 43.7 Å². The molecule has 3 heteroatoms. The minimum absolute atomic E-state index is 0.189. The predicted octanol–water partition coefficient (Wildman–Crippen LogP) is 14.3. The molecule has 3 aromatic heterocycles. The number of hydrogen-bond acceptors (Lipinski definition) is 0. The molecule has 0 fully saturated rings. The lowest BCUT2D eigenvalue weighted by atomic mass is 9.98. The van der Waals surface area contributed by atoms with Crippen molar-refractivity contribution < 1.29 is 17.8 Å². The first-order valence-electron chi connectivity index (χ1n) is 25.1. The minimum atomic E-state index is -0.715. The Kier molecular flexibility index (Phi) is 4.69. The summed E-state index contributed by atoms with van der Waals surface area (Å²) in [6.45, 7) is 0. The standard InChI is InChI=1S/C54H35N3/c1-3-16-36(17-4-1)38-32-39(37-18-5-2-6-19-37)34-41(33-38)56-47-24-11-9-22-44(47)46-35-40(30-31-51(46)56)55-50-27-14-10-23-45(50)54-52(55)28-15-29-53(54)57-48-25-12-7-20-42(48)43-21-8-13-26-49(43)57/h1-35H/i1D,2D,3D,4D,5D,6D,16D,17D,18D,19D,32D,33D,34D. The van der Waals surface area contributed by atoms with Crippen LogP contribution in [-0.4, -0.2) is 13.7 Å². The number of rotatable bonds is 5. The molecule has 0 saturated carbocycles. The van der Waals surface area contributed by atoms with Crippen LogP contribution in [0.1, 0.15) is 17.8 Å². The summed E-state index contributed by atoms with van der Waals surface area (Å²) in [4.78, 5) is 0. The summed E-state index contributed by atoms with van der Waals surface area (Å²) in [5.41, 5.74) is 4.79. The highest BCUT2D eigenvalue weighted by molar-refractivity contribution is 6.17. The molecular formula is C54H35N3. The van der Waals surface area contributed by atoms with Crippen LogP contribution in [0.2, 0.25) is 0 Å². The Labute approximate surface area is 347 Å². The molecule has 0 N–H and O–H groups in total. The summed E-state index contributed by atoms with van der Waals surface area (Å²) < 4.78 is 122. The summed E-state index contributed by atoms with van der Waals surface area (Å²) in [7, 11) is 0. The number of aromatic nitrogens is 3. The molecule has 12 aromatic rings. The third kappa shape index (κ3) is 4.79. The zero-order valence-electron chi connectivity index (χ0n) is 43.0. The van der Waals surface area contributed by atoms with E-state index in [4.69, 9.17) is 13.7 Å². The van der Waals surface area contributed by atoms with Gasteiger partial charge in [0.2, 0.25) is 0 Å². The van der Waals surface area contributed by atoms with Gasteiger partial charge in [0.05, 0.1) is 56.6 Å². The fourth-order valence-electron chi connectivity index (χ4n) is 8.56. The molecule has 266 valence electrons. The molecule has 12 rings (SSSR count). The Morgan fingerprint density at radius 1 is 0.316 bits per heavy atom. The van der Waals surface area contributed by atoms with Gasteiger partial charge < -0.3 is 13.7 Å². The maximum atomic E-state index is 9.88. The van der Waals surface area contributed by atoms with Gasteiger partial charge >= 0.3 is 0 Å². The molecule has 57 heavy (non-hydrogen) atoms. The largest absolute Gasteiger partial charge is 0.309 e. The van der Waals surface area contributed by atoms with Gasteiger partial charge in [-0.3, -0.25) is 0 Å². The van der Waals surface area contributed by atoms with Crippen molar-refractivity contribution in [3.63, 3.8) is 0 Å². The Bertz CT molecular complexity index is 4090. The van der Waals surface area contributed by atoms with E-state index >= 15 is 0 Å². The Balaban J connectivity index is 1.17. The van der Waals surface area contributed by atoms with E-state index in [0.29, 0.717) is 21.8 Å². The van der Waals surface area contributed by atoms with Gasteiger partial charge in [-0.15, -0.1) is 0 Å². The zero-order valence-corrected chi connectivity index (χ0v) is 30.0. The molecular weight excluding hydrogens is 691 g/mol. The Morgan fingerprint density at radius 3 is 1.37 bits per heavy atom. The minimum Gasteiger partial charge on any atom is -0.309 e. The predicted molar refractivity (Wildman–Crippen MR) is 240 cm³/mol. The highest BCUT2D eigenvalue weighted by Crippen LogP contribution is 2.42. The van der Waals surface area contributed by atoms with E-state index in [1.165, 1.54) is 0 Å². The molecule has 0 aliphatic carbocycles. The quantitative estimate of drug-likeness (QED) is 0.167. The van der Waals surface area contributed by atoms with Crippen LogP contribution in [0.25, 0.3) is 105 Å². The van der Waals surface area contributed by atoms with Crippen molar-refractivity contribution in [1.29, 1.82) is 0 Å². The van der Waals surface area contributed by atoms with E-state index < -0.39 is 101 Å². The highest BCUT2D eigenvalue weighted by Gasteiger charge is 2.21. The molecule has 9 aromatic carbocycles. The lowest BCUT2D eigenvalue weighted by Gasteiger charge is -2.14. The number of nitrogens with zero attached hydrogens (tertiary/aromatic N) is 3. The average Bonchev–Trinajstić information content (AvgIpc) is 4.01. The molecule has 0 radical (unpaired) electrons. The van der Waals surface area contributed by atoms with Crippen molar-refractivity contribution in [3.05, 3.63) is 212 Å². The first-order valence-corrected chi connectivity index (χ1v) is 18.6. The summed E-state index contributed by atoms with van der Waals surface area (Å²) >= 11 is 0. The summed E-state index contributed by atoms with van der Waals surface area (Å²) in [5.74, 6) is 0. The van der Waals surface area contributed by atoms with Crippen LogP contribution >= 0.6 is 0 Å². The number of benzene rings is 9. The normalized spacial score (nSPS) is 15.1. The molecule has 0 aliphatic rings. The van der Waals surface area contributed by atoms with E-state index in [0.717, 1.165) is 55.0 Å². The van der Waals surface area contributed by atoms with Crippen LogP contribution in [0.3, 0.4) is 0 Å². The smallest absolute Gasteiger partial charge is 0.0651 e. The second-order valence-corrected chi connectivity index (χ2v) is 13.9. The van der Waals surface area contributed by atoms with Crippen LogP contribution < -0.4 is 0 Å². The number of fused-ring (bicyclic) bond motifs is 9. The van der Waals surface area contributed by atoms with Crippen molar-refractivity contribution >= 4 is 65.4 Å². The average molecular weight is 739 g/mol. The third-order valence-electron chi connectivity index (χ3n) is 10.9. The van der Waals surface area contributed by atoms with Crippen LogP contribution in [-0.2, 0) is 0 Å². The van der Waals surface area contributed by atoms with Crippen LogP contribution in [0.15, 0.2) is 212 Å². The Hall–Kier alpha value is -7.62.